The Balaban J connectivity index is 1.39. The van der Waals surface area contributed by atoms with Crippen LogP contribution in [0.3, 0.4) is 0 Å². The molecule has 32 heavy (non-hydrogen) atoms. The lowest BCUT2D eigenvalue weighted by Gasteiger charge is -2.08. The van der Waals surface area contributed by atoms with Gasteiger partial charge in [-0.2, -0.15) is 5.26 Å². The summed E-state index contributed by atoms with van der Waals surface area (Å²) in [5, 5.41) is 13.0. The summed E-state index contributed by atoms with van der Waals surface area (Å²) in [7, 11) is 0. The summed E-state index contributed by atoms with van der Waals surface area (Å²) in [6.07, 6.45) is 1.67. The molecule has 3 aromatic carbocycles. The second-order valence-corrected chi connectivity index (χ2v) is 7.51. The molecule has 0 aliphatic carbocycles. The summed E-state index contributed by atoms with van der Waals surface area (Å²) in [5.41, 5.74) is 2.89. The topological polar surface area (TPSA) is 88.1 Å². The minimum Gasteiger partial charge on any atom is -0.484 e. The molecule has 0 bridgehead atoms. The molecule has 4 rings (SSSR count). The first-order valence-corrected chi connectivity index (χ1v) is 10.2. The lowest BCUT2D eigenvalue weighted by molar-refractivity contribution is -0.118. The van der Waals surface area contributed by atoms with Gasteiger partial charge in [-0.25, -0.2) is 4.98 Å². The number of rotatable bonds is 6. The fraction of sp³-hybridized carbons (Fsp3) is 0.0417. The Labute approximate surface area is 193 Å². The largest absolute Gasteiger partial charge is 0.484 e. The third-order valence-corrected chi connectivity index (χ3v) is 5.15. The van der Waals surface area contributed by atoms with Gasteiger partial charge in [0.2, 0.25) is 5.89 Å². The lowest BCUT2D eigenvalue weighted by Crippen LogP contribution is -2.20. The Hall–Kier alpha value is -3.79. The van der Waals surface area contributed by atoms with Gasteiger partial charge in [-0.15, -0.1) is 0 Å². The number of anilines is 1. The highest BCUT2D eigenvalue weighted by atomic mass is 35.5. The predicted octanol–water partition coefficient (Wildman–Crippen LogP) is 6.22. The van der Waals surface area contributed by atoms with Crippen LogP contribution in [0.25, 0.3) is 22.7 Å². The van der Waals surface area contributed by atoms with E-state index in [1.54, 1.807) is 54.6 Å². The highest BCUT2D eigenvalue weighted by Gasteiger charge is 2.11. The van der Waals surface area contributed by atoms with Gasteiger partial charge in [-0.1, -0.05) is 47.5 Å². The number of carbonyl (C=O) groups is 1. The number of aromatic nitrogens is 1. The average Bonchev–Trinajstić information content (AvgIpc) is 3.23. The fourth-order valence-corrected chi connectivity index (χ4v) is 3.17. The number of halogens is 2. The Morgan fingerprint density at radius 2 is 1.88 bits per heavy atom. The van der Waals surface area contributed by atoms with Crippen LogP contribution in [0.5, 0.6) is 5.75 Å². The number of para-hydroxylation sites is 2. The summed E-state index contributed by atoms with van der Waals surface area (Å²) < 4.78 is 11.2. The predicted molar refractivity (Wildman–Crippen MR) is 125 cm³/mol. The van der Waals surface area contributed by atoms with Crippen LogP contribution in [-0.2, 0) is 4.79 Å². The van der Waals surface area contributed by atoms with Crippen LogP contribution < -0.4 is 10.1 Å². The van der Waals surface area contributed by atoms with E-state index in [1.807, 2.05) is 18.2 Å². The molecule has 1 aromatic heterocycles. The molecule has 0 unspecified atom stereocenters. The van der Waals surface area contributed by atoms with E-state index in [0.717, 1.165) is 5.56 Å². The van der Waals surface area contributed by atoms with Gasteiger partial charge in [0.25, 0.3) is 5.91 Å². The fourth-order valence-electron chi connectivity index (χ4n) is 2.88. The van der Waals surface area contributed by atoms with Gasteiger partial charge < -0.3 is 14.5 Å². The van der Waals surface area contributed by atoms with Crippen molar-refractivity contribution in [3.63, 3.8) is 0 Å². The van der Waals surface area contributed by atoms with Gasteiger partial charge in [0.1, 0.15) is 22.9 Å². The van der Waals surface area contributed by atoms with Crippen LogP contribution in [0, 0.1) is 11.3 Å². The highest BCUT2D eigenvalue weighted by molar-refractivity contribution is 6.42. The van der Waals surface area contributed by atoms with Gasteiger partial charge in [-0.3, -0.25) is 4.79 Å². The molecule has 0 atom stereocenters. The van der Waals surface area contributed by atoms with Gasteiger partial charge in [0, 0.05) is 5.69 Å². The van der Waals surface area contributed by atoms with Crippen molar-refractivity contribution >= 4 is 57.5 Å². The molecule has 1 N–H and O–H groups in total. The number of hydrogen-bond acceptors (Lipinski definition) is 5. The molecule has 4 aromatic rings. The number of benzene rings is 3. The van der Waals surface area contributed by atoms with E-state index in [4.69, 9.17) is 32.4 Å². The van der Waals surface area contributed by atoms with Crippen LogP contribution in [0.2, 0.25) is 10.0 Å². The minimum atomic E-state index is -0.338. The summed E-state index contributed by atoms with van der Waals surface area (Å²) in [4.78, 5) is 16.4. The van der Waals surface area contributed by atoms with Crippen molar-refractivity contribution in [3.05, 3.63) is 88.2 Å². The van der Waals surface area contributed by atoms with Crippen molar-refractivity contribution in [2.24, 2.45) is 0 Å². The summed E-state index contributed by atoms with van der Waals surface area (Å²) >= 11 is 11.8. The molecule has 0 aliphatic rings. The first kappa shape index (κ1) is 21.4. The van der Waals surface area contributed by atoms with Gasteiger partial charge in [0.15, 0.2) is 12.2 Å². The maximum Gasteiger partial charge on any atom is 0.262 e. The number of amides is 1. The molecular formula is C24H15Cl2N3O3. The maximum atomic E-state index is 12.1. The molecule has 0 aliphatic heterocycles. The van der Waals surface area contributed by atoms with E-state index in [0.29, 0.717) is 38.2 Å². The van der Waals surface area contributed by atoms with E-state index < -0.39 is 0 Å². The zero-order valence-electron chi connectivity index (χ0n) is 16.5. The molecule has 0 radical (unpaired) electrons. The monoisotopic (exact) mass is 463 g/mol. The summed E-state index contributed by atoms with van der Waals surface area (Å²) in [6, 6.07) is 21.2. The van der Waals surface area contributed by atoms with E-state index in [2.05, 4.69) is 16.4 Å². The molecule has 6 nitrogen and oxygen atoms in total. The molecule has 0 fully saturated rings. The standard InChI is InChI=1S/C24H15Cl2N3O3/c25-19-10-7-17(12-20(19)26)28-23(30)14-31-18-8-5-15(6-9-18)11-16(13-27)24-29-21-3-1-2-4-22(21)32-24/h1-12H,14H2,(H,28,30)/b16-11+. The number of allylic oxidation sites excluding steroid dienone is 1. The summed E-state index contributed by atoms with van der Waals surface area (Å²) in [6.45, 7) is -0.179. The number of nitrogens with one attached hydrogen (secondary N) is 1. The molecule has 1 amide bonds. The first-order chi connectivity index (χ1) is 15.5. The summed E-state index contributed by atoms with van der Waals surface area (Å²) in [5.74, 6) is 0.426. The van der Waals surface area contributed by atoms with E-state index in [9.17, 15) is 10.1 Å². The SMILES string of the molecule is N#C/C(=C\c1ccc(OCC(=O)Nc2ccc(Cl)c(Cl)c2)cc1)c1nc2ccccc2o1. The molecule has 8 heteroatoms. The first-order valence-electron chi connectivity index (χ1n) is 9.47. The smallest absolute Gasteiger partial charge is 0.262 e. The number of carbonyl (C=O) groups excluding carboxylic acids is 1. The zero-order chi connectivity index (χ0) is 22.5. The Morgan fingerprint density at radius 1 is 1.09 bits per heavy atom. The van der Waals surface area contributed by atoms with Crippen LogP contribution in [0.4, 0.5) is 5.69 Å². The third kappa shape index (κ3) is 5.09. The number of fused-ring (bicyclic) bond motifs is 1. The van der Waals surface area contributed by atoms with E-state index in [-0.39, 0.29) is 18.4 Å². The molecule has 0 spiro atoms. The molecule has 1 heterocycles. The normalized spacial score (nSPS) is 11.2. The molecule has 0 saturated heterocycles. The number of nitriles is 1. The quantitative estimate of drug-likeness (QED) is 0.343. The van der Waals surface area contributed by atoms with Gasteiger partial charge in [-0.05, 0) is 54.1 Å². The Kier molecular flexibility index (Phi) is 6.41. The highest BCUT2D eigenvalue weighted by Crippen LogP contribution is 2.25. The third-order valence-electron chi connectivity index (χ3n) is 4.41. The van der Waals surface area contributed by atoms with Gasteiger partial charge >= 0.3 is 0 Å². The maximum absolute atomic E-state index is 12.1. The van der Waals surface area contributed by atoms with E-state index >= 15 is 0 Å². The van der Waals surface area contributed by atoms with Crippen molar-refractivity contribution in [2.45, 2.75) is 0 Å². The number of nitrogens with zero attached hydrogens (tertiary/aromatic N) is 2. The molecule has 0 saturated carbocycles. The van der Waals surface area contributed by atoms with Crippen LogP contribution in [-0.4, -0.2) is 17.5 Å². The Bertz CT molecular complexity index is 1320. The van der Waals surface area contributed by atoms with Crippen molar-refractivity contribution in [2.75, 3.05) is 11.9 Å². The lowest BCUT2D eigenvalue weighted by atomic mass is 10.1. The Morgan fingerprint density at radius 3 is 2.59 bits per heavy atom. The number of ether oxygens (including phenoxy) is 1. The number of oxazole rings is 1. The second kappa shape index (κ2) is 9.56. The minimum absolute atomic E-state index is 0.179. The second-order valence-electron chi connectivity index (χ2n) is 6.69. The van der Waals surface area contributed by atoms with Crippen LogP contribution in [0.1, 0.15) is 11.5 Å². The van der Waals surface area contributed by atoms with Crippen molar-refractivity contribution < 1.29 is 13.9 Å². The molecule has 158 valence electrons. The van der Waals surface area contributed by atoms with Gasteiger partial charge in [0.05, 0.1) is 10.0 Å². The average molecular weight is 464 g/mol. The van der Waals surface area contributed by atoms with Crippen molar-refractivity contribution in [1.29, 1.82) is 5.26 Å². The van der Waals surface area contributed by atoms with Crippen LogP contribution >= 0.6 is 23.2 Å². The van der Waals surface area contributed by atoms with Crippen LogP contribution in [0.15, 0.2) is 71.1 Å². The zero-order valence-corrected chi connectivity index (χ0v) is 18.0. The van der Waals surface area contributed by atoms with Crippen molar-refractivity contribution in [3.8, 4) is 11.8 Å². The van der Waals surface area contributed by atoms with E-state index in [1.165, 1.54) is 0 Å². The van der Waals surface area contributed by atoms with Crippen molar-refractivity contribution in [1.82, 2.24) is 4.98 Å². The molecular weight excluding hydrogens is 449 g/mol. The number of hydrogen-bond donors (Lipinski definition) is 1.